The van der Waals surface area contributed by atoms with Crippen molar-refractivity contribution in [2.24, 2.45) is 0 Å². The minimum Gasteiger partial charge on any atom is -0.444 e. The van der Waals surface area contributed by atoms with Crippen molar-refractivity contribution >= 4 is 17.7 Å². The van der Waals surface area contributed by atoms with Crippen LogP contribution in [-0.4, -0.2) is 66.9 Å². The molecule has 26 heavy (non-hydrogen) atoms. The van der Waals surface area contributed by atoms with Gasteiger partial charge in [-0.1, -0.05) is 0 Å². The number of hydrogen-bond acceptors (Lipinski definition) is 6. The van der Waals surface area contributed by atoms with Gasteiger partial charge in [0.2, 0.25) is 17.7 Å². The van der Waals surface area contributed by atoms with Gasteiger partial charge in [0.25, 0.3) is 0 Å². The monoisotopic (exact) mass is 359 g/mol. The molecule has 1 saturated heterocycles. The van der Waals surface area contributed by atoms with E-state index in [1.54, 1.807) is 13.8 Å². The van der Waals surface area contributed by atoms with E-state index in [1.165, 1.54) is 0 Å². The van der Waals surface area contributed by atoms with Gasteiger partial charge >= 0.3 is 0 Å². The number of amides is 2. The quantitative estimate of drug-likeness (QED) is 0.771. The van der Waals surface area contributed by atoms with E-state index in [-0.39, 0.29) is 24.2 Å². The fourth-order valence-electron chi connectivity index (χ4n) is 3.03. The summed E-state index contributed by atoms with van der Waals surface area (Å²) in [6, 6.07) is 2.46. The molecule has 0 radical (unpaired) electrons. The van der Waals surface area contributed by atoms with Crippen LogP contribution in [-0.2, 0) is 9.59 Å². The SMILES string of the molecule is Cc1oc(NC(=O)CN2CCN(CC(=O)NC3CC3)CC2)c(C#N)c1C. The summed E-state index contributed by atoms with van der Waals surface area (Å²) in [6.07, 6.45) is 2.19. The molecule has 3 rings (SSSR count). The molecule has 2 heterocycles. The van der Waals surface area contributed by atoms with Gasteiger partial charge in [0, 0.05) is 37.8 Å². The van der Waals surface area contributed by atoms with Crippen molar-refractivity contribution in [3.63, 3.8) is 0 Å². The Labute approximate surface area is 153 Å². The van der Waals surface area contributed by atoms with Crippen LogP contribution in [0.4, 0.5) is 5.88 Å². The van der Waals surface area contributed by atoms with Gasteiger partial charge in [0.05, 0.1) is 13.1 Å². The first-order chi connectivity index (χ1) is 12.5. The minimum absolute atomic E-state index is 0.0892. The lowest BCUT2D eigenvalue weighted by Crippen LogP contribution is -2.51. The summed E-state index contributed by atoms with van der Waals surface area (Å²) in [7, 11) is 0. The molecule has 1 aliphatic heterocycles. The Morgan fingerprint density at radius 2 is 1.69 bits per heavy atom. The number of nitrogens with one attached hydrogen (secondary N) is 2. The first kappa shape index (κ1) is 18.4. The standard InChI is InChI=1S/C18H25N5O3/c1-12-13(2)26-18(15(12)9-19)21-17(25)11-23-7-5-22(6-8-23)10-16(24)20-14-3-4-14/h14H,3-8,10-11H2,1-2H3,(H,20,24)(H,21,25). The lowest BCUT2D eigenvalue weighted by atomic mass is 10.2. The van der Waals surface area contributed by atoms with Crippen LogP contribution in [0.2, 0.25) is 0 Å². The molecule has 0 bridgehead atoms. The molecule has 0 aromatic carbocycles. The van der Waals surface area contributed by atoms with Crippen molar-refractivity contribution in [3.05, 3.63) is 16.9 Å². The van der Waals surface area contributed by atoms with Gasteiger partial charge in [-0.05, 0) is 26.7 Å². The highest BCUT2D eigenvalue weighted by molar-refractivity contribution is 5.92. The molecule has 1 aromatic rings. The van der Waals surface area contributed by atoms with Crippen molar-refractivity contribution in [2.75, 3.05) is 44.6 Å². The van der Waals surface area contributed by atoms with Crippen LogP contribution in [0, 0.1) is 25.2 Å². The largest absolute Gasteiger partial charge is 0.444 e. The van der Waals surface area contributed by atoms with E-state index in [0.717, 1.165) is 44.6 Å². The Kier molecular flexibility index (Phi) is 5.59. The van der Waals surface area contributed by atoms with Crippen LogP contribution < -0.4 is 10.6 Å². The molecular weight excluding hydrogens is 334 g/mol. The molecule has 1 saturated carbocycles. The molecule has 2 N–H and O–H groups in total. The predicted octanol–water partition coefficient (Wildman–Crippen LogP) is 0.603. The highest BCUT2D eigenvalue weighted by Crippen LogP contribution is 2.25. The lowest BCUT2D eigenvalue weighted by Gasteiger charge is -2.33. The zero-order valence-electron chi connectivity index (χ0n) is 15.3. The highest BCUT2D eigenvalue weighted by atomic mass is 16.4. The van der Waals surface area contributed by atoms with E-state index in [9.17, 15) is 14.9 Å². The van der Waals surface area contributed by atoms with E-state index in [1.807, 2.05) is 4.90 Å². The smallest absolute Gasteiger partial charge is 0.240 e. The van der Waals surface area contributed by atoms with Gasteiger partial charge in [-0.25, -0.2) is 0 Å². The second-order valence-corrected chi connectivity index (χ2v) is 7.04. The van der Waals surface area contributed by atoms with Crippen LogP contribution >= 0.6 is 0 Å². The zero-order chi connectivity index (χ0) is 18.7. The number of piperazine rings is 1. The van der Waals surface area contributed by atoms with Crippen LogP contribution in [0.3, 0.4) is 0 Å². The number of carbonyl (C=O) groups excluding carboxylic acids is 2. The van der Waals surface area contributed by atoms with E-state index in [4.69, 9.17) is 4.42 Å². The molecule has 1 aliphatic carbocycles. The van der Waals surface area contributed by atoms with Crippen molar-refractivity contribution in [1.82, 2.24) is 15.1 Å². The number of anilines is 1. The van der Waals surface area contributed by atoms with Crippen molar-refractivity contribution in [1.29, 1.82) is 5.26 Å². The molecule has 8 nitrogen and oxygen atoms in total. The summed E-state index contributed by atoms with van der Waals surface area (Å²) in [6.45, 7) is 7.20. The molecular formula is C18H25N5O3. The number of aryl methyl sites for hydroxylation is 1. The summed E-state index contributed by atoms with van der Waals surface area (Å²) >= 11 is 0. The molecule has 0 atom stereocenters. The summed E-state index contributed by atoms with van der Waals surface area (Å²) in [5.41, 5.74) is 1.13. The maximum absolute atomic E-state index is 12.3. The first-order valence-corrected chi connectivity index (χ1v) is 9.00. The highest BCUT2D eigenvalue weighted by Gasteiger charge is 2.26. The van der Waals surface area contributed by atoms with E-state index < -0.39 is 0 Å². The number of carbonyl (C=O) groups is 2. The third kappa shape index (κ3) is 4.62. The molecule has 0 unspecified atom stereocenters. The van der Waals surface area contributed by atoms with Gasteiger partial charge in [-0.15, -0.1) is 0 Å². The molecule has 0 spiro atoms. The third-order valence-electron chi connectivity index (χ3n) is 4.89. The van der Waals surface area contributed by atoms with Crippen LogP contribution in [0.1, 0.15) is 29.7 Å². The third-order valence-corrected chi connectivity index (χ3v) is 4.89. The topological polar surface area (TPSA) is 102 Å². The number of rotatable bonds is 6. The predicted molar refractivity (Wildman–Crippen MR) is 95.6 cm³/mol. The van der Waals surface area contributed by atoms with Crippen LogP contribution in [0.15, 0.2) is 4.42 Å². The molecule has 8 heteroatoms. The zero-order valence-corrected chi connectivity index (χ0v) is 15.3. The molecule has 2 amide bonds. The molecule has 140 valence electrons. The normalized spacial score (nSPS) is 18.3. The fraction of sp³-hybridized carbons (Fsp3) is 0.611. The summed E-state index contributed by atoms with van der Waals surface area (Å²) in [4.78, 5) is 28.3. The molecule has 2 aliphatic rings. The van der Waals surface area contributed by atoms with Crippen LogP contribution in [0.25, 0.3) is 0 Å². The average molecular weight is 359 g/mol. The second kappa shape index (κ2) is 7.89. The summed E-state index contributed by atoms with van der Waals surface area (Å²) < 4.78 is 5.47. The Hall–Kier alpha value is -2.37. The van der Waals surface area contributed by atoms with Crippen molar-refractivity contribution in [3.8, 4) is 6.07 Å². The van der Waals surface area contributed by atoms with Crippen molar-refractivity contribution in [2.45, 2.75) is 32.7 Å². The Morgan fingerprint density at radius 1 is 1.12 bits per heavy atom. The maximum Gasteiger partial charge on any atom is 0.240 e. The average Bonchev–Trinajstić information content (AvgIpc) is 3.36. The Bertz CT molecular complexity index is 724. The number of furan rings is 1. The number of nitrogens with zero attached hydrogens (tertiary/aromatic N) is 3. The maximum atomic E-state index is 12.3. The number of nitriles is 1. The van der Waals surface area contributed by atoms with E-state index >= 15 is 0 Å². The minimum atomic E-state index is -0.199. The van der Waals surface area contributed by atoms with Gasteiger partial charge in [0.1, 0.15) is 17.4 Å². The molecule has 2 fully saturated rings. The number of hydrogen-bond donors (Lipinski definition) is 2. The van der Waals surface area contributed by atoms with Gasteiger partial charge in [-0.2, -0.15) is 5.26 Å². The summed E-state index contributed by atoms with van der Waals surface area (Å²) in [5.74, 6) is 0.749. The van der Waals surface area contributed by atoms with Gasteiger partial charge in [-0.3, -0.25) is 24.7 Å². The van der Waals surface area contributed by atoms with Crippen molar-refractivity contribution < 1.29 is 14.0 Å². The van der Waals surface area contributed by atoms with Gasteiger partial charge < -0.3 is 9.73 Å². The molecule has 1 aromatic heterocycles. The first-order valence-electron chi connectivity index (χ1n) is 9.00. The van der Waals surface area contributed by atoms with Gasteiger partial charge in [0.15, 0.2) is 0 Å². The fourth-order valence-corrected chi connectivity index (χ4v) is 3.03. The van der Waals surface area contributed by atoms with E-state index in [0.29, 0.717) is 23.9 Å². The van der Waals surface area contributed by atoms with Crippen LogP contribution in [0.5, 0.6) is 0 Å². The summed E-state index contributed by atoms with van der Waals surface area (Å²) in [5, 5.41) is 14.9. The second-order valence-electron chi connectivity index (χ2n) is 7.04. The lowest BCUT2D eigenvalue weighted by molar-refractivity contribution is -0.123. The van der Waals surface area contributed by atoms with E-state index in [2.05, 4.69) is 21.6 Å². The Balaban J connectivity index is 1.42. The Morgan fingerprint density at radius 3 is 2.23 bits per heavy atom.